The van der Waals surface area contributed by atoms with Gasteiger partial charge in [-0.05, 0) is 48.5 Å². The van der Waals surface area contributed by atoms with Gasteiger partial charge in [-0.15, -0.1) is 0 Å². The first-order valence-corrected chi connectivity index (χ1v) is 9.56. The fourth-order valence-electron chi connectivity index (χ4n) is 2.50. The molecule has 0 fully saturated rings. The van der Waals surface area contributed by atoms with E-state index >= 15 is 0 Å². The van der Waals surface area contributed by atoms with E-state index in [-0.39, 0.29) is 13.2 Å². The molecule has 0 heterocycles. The normalized spacial score (nSPS) is 11.1. The zero-order valence-corrected chi connectivity index (χ0v) is 17.8. The molecular formula is C23H26N2O6. The summed E-state index contributed by atoms with van der Waals surface area (Å²) in [5.41, 5.74) is 2.47. The predicted molar refractivity (Wildman–Crippen MR) is 117 cm³/mol. The lowest BCUT2D eigenvalue weighted by Gasteiger charge is -2.17. The van der Waals surface area contributed by atoms with Crippen molar-refractivity contribution in [2.45, 2.75) is 6.10 Å². The van der Waals surface area contributed by atoms with E-state index in [1.54, 1.807) is 55.6 Å². The van der Waals surface area contributed by atoms with Crippen LogP contribution in [0.1, 0.15) is 20.7 Å². The van der Waals surface area contributed by atoms with Crippen LogP contribution in [0, 0.1) is 0 Å². The monoisotopic (exact) mass is 426 g/mol. The minimum atomic E-state index is -0.976. The molecular weight excluding hydrogens is 400 g/mol. The largest absolute Gasteiger partial charge is 0.458 e. The second-order valence-corrected chi connectivity index (χ2v) is 6.73. The molecule has 0 amide bonds. The van der Waals surface area contributed by atoms with Crippen LogP contribution >= 0.6 is 0 Å². The van der Waals surface area contributed by atoms with Crippen molar-refractivity contribution >= 4 is 29.3 Å². The lowest BCUT2D eigenvalue weighted by Crippen LogP contribution is -2.30. The van der Waals surface area contributed by atoms with E-state index in [9.17, 15) is 14.4 Å². The highest BCUT2D eigenvalue weighted by Gasteiger charge is 2.19. The molecule has 2 rings (SSSR count). The van der Waals surface area contributed by atoms with Crippen molar-refractivity contribution in [3.05, 3.63) is 72.3 Å². The van der Waals surface area contributed by atoms with Crippen molar-refractivity contribution in [2.75, 3.05) is 44.6 Å². The molecule has 8 heteroatoms. The van der Waals surface area contributed by atoms with Gasteiger partial charge in [-0.25, -0.2) is 14.4 Å². The first-order chi connectivity index (χ1) is 14.8. The predicted octanol–water partition coefficient (Wildman–Crippen LogP) is 2.91. The summed E-state index contributed by atoms with van der Waals surface area (Å²) in [4.78, 5) is 38.0. The number of rotatable bonds is 10. The van der Waals surface area contributed by atoms with Gasteiger partial charge in [0.15, 0.2) is 6.10 Å². The molecule has 0 saturated heterocycles. The Morgan fingerprint density at radius 2 is 1.42 bits per heavy atom. The molecule has 0 spiro atoms. The number of hydrogen-bond donors (Lipinski definition) is 1. The molecule has 2 aromatic carbocycles. The Kier molecular flexibility index (Phi) is 8.63. The lowest BCUT2D eigenvalue weighted by atomic mass is 10.2. The van der Waals surface area contributed by atoms with Crippen molar-refractivity contribution < 1.29 is 28.6 Å². The number of hydrogen-bond acceptors (Lipinski definition) is 8. The maximum Gasteiger partial charge on any atom is 0.338 e. The smallest absolute Gasteiger partial charge is 0.338 e. The van der Waals surface area contributed by atoms with Gasteiger partial charge in [0.25, 0.3) is 0 Å². The van der Waals surface area contributed by atoms with E-state index in [1.165, 1.54) is 0 Å². The lowest BCUT2D eigenvalue weighted by molar-refractivity contribution is -0.147. The highest BCUT2D eigenvalue weighted by Crippen LogP contribution is 2.14. The van der Waals surface area contributed by atoms with Gasteiger partial charge in [0.05, 0.1) is 11.1 Å². The second kappa shape index (κ2) is 11.4. The summed E-state index contributed by atoms with van der Waals surface area (Å²) in [6.07, 6.45) is 0.00336. The van der Waals surface area contributed by atoms with E-state index in [1.807, 2.05) is 19.0 Å². The standard InChI is InChI=1S/C23H26N2O6/c1-5-21(26)31-20(14-29-22(27)16-6-10-18(24-2)11-7-16)15-30-23(28)17-8-12-19(13-9-17)25(3)4/h5-13,20,24H,1,14-15H2,2-4H3. The van der Waals surface area contributed by atoms with Gasteiger partial charge in [-0.1, -0.05) is 6.58 Å². The first-order valence-electron chi connectivity index (χ1n) is 9.56. The minimum Gasteiger partial charge on any atom is -0.458 e. The van der Waals surface area contributed by atoms with Gasteiger partial charge in [0.1, 0.15) is 13.2 Å². The van der Waals surface area contributed by atoms with E-state index < -0.39 is 24.0 Å². The molecule has 0 aliphatic rings. The van der Waals surface area contributed by atoms with Crippen LogP contribution in [0.5, 0.6) is 0 Å². The highest BCUT2D eigenvalue weighted by molar-refractivity contribution is 5.90. The van der Waals surface area contributed by atoms with Crippen LogP contribution in [-0.4, -0.2) is 58.4 Å². The Morgan fingerprint density at radius 3 is 1.84 bits per heavy atom. The van der Waals surface area contributed by atoms with Crippen LogP contribution in [0.2, 0.25) is 0 Å². The minimum absolute atomic E-state index is 0.278. The van der Waals surface area contributed by atoms with Gasteiger partial charge >= 0.3 is 17.9 Å². The molecule has 2 aromatic rings. The summed E-state index contributed by atoms with van der Waals surface area (Å²) in [6, 6.07) is 13.5. The summed E-state index contributed by atoms with van der Waals surface area (Å²) in [5.74, 6) is -1.89. The summed E-state index contributed by atoms with van der Waals surface area (Å²) in [6.45, 7) is 2.78. The molecule has 0 bridgehead atoms. The Hall–Kier alpha value is -3.81. The maximum absolute atomic E-state index is 12.3. The number of nitrogens with zero attached hydrogens (tertiary/aromatic N) is 1. The first kappa shape index (κ1) is 23.5. The van der Waals surface area contributed by atoms with Crippen molar-refractivity contribution in [3.63, 3.8) is 0 Å². The molecule has 164 valence electrons. The van der Waals surface area contributed by atoms with E-state index in [2.05, 4.69) is 11.9 Å². The number of esters is 3. The molecule has 0 aromatic heterocycles. The highest BCUT2D eigenvalue weighted by atomic mass is 16.6. The molecule has 0 radical (unpaired) electrons. The topological polar surface area (TPSA) is 94.2 Å². The summed E-state index contributed by atoms with van der Waals surface area (Å²) in [5, 5.41) is 2.95. The Balaban J connectivity index is 1.95. The molecule has 31 heavy (non-hydrogen) atoms. The number of benzene rings is 2. The Bertz CT molecular complexity index is 907. The van der Waals surface area contributed by atoms with E-state index in [4.69, 9.17) is 14.2 Å². The number of carbonyl (C=O) groups excluding carboxylic acids is 3. The SMILES string of the molecule is C=CC(=O)OC(COC(=O)c1ccc(NC)cc1)COC(=O)c1ccc(N(C)C)cc1. The third kappa shape index (κ3) is 7.18. The van der Waals surface area contributed by atoms with Crippen LogP contribution in [0.25, 0.3) is 0 Å². The van der Waals surface area contributed by atoms with E-state index in [0.717, 1.165) is 17.5 Å². The summed E-state index contributed by atoms with van der Waals surface area (Å²) < 4.78 is 15.6. The molecule has 1 atom stereocenters. The summed E-state index contributed by atoms with van der Waals surface area (Å²) >= 11 is 0. The molecule has 0 aliphatic carbocycles. The van der Waals surface area contributed by atoms with Gasteiger partial charge in [0, 0.05) is 38.6 Å². The van der Waals surface area contributed by atoms with Crippen LogP contribution in [-0.2, 0) is 19.0 Å². The van der Waals surface area contributed by atoms with Crippen LogP contribution in [0.3, 0.4) is 0 Å². The van der Waals surface area contributed by atoms with Gasteiger partial charge in [0.2, 0.25) is 0 Å². The van der Waals surface area contributed by atoms with Crippen LogP contribution in [0.4, 0.5) is 11.4 Å². The van der Waals surface area contributed by atoms with E-state index in [0.29, 0.717) is 11.1 Å². The fraction of sp³-hybridized carbons (Fsp3) is 0.261. The molecule has 0 aliphatic heterocycles. The second-order valence-electron chi connectivity index (χ2n) is 6.73. The fourth-order valence-corrected chi connectivity index (χ4v) is 2.50. The molecule has 1 unspecified atom stereocenters. The average molecular weight is 426 g/mol. The Labute approximate surface area is 181 Å². The molecule has 0 saturated carbocycles. The maximum atomic E-state index is 12.3. The van der Waals surface area contributed by atoms with Crippen LogP contribution < -0.4 is 10.2 Å². The number of anilines is 2. The van der Waals surface area contributed by atoms with Crippen molar-refractivity contribution in [1.82, 2.24) is 0 Å². The quantitative estimate of drug-likeness (QED) is 0.352. The number of ether oxygens (including phenoxy) is 3. The van der Waals surface area contributed by atoms with Crippen molar-refractivity contribution in [1.29, 1.82) is 0 Å². The zero-order chi connectivity index (χ0) is 22.8. The zero-order valence-electron chi connectivity index (χ0n) is 17.8. The molecule has 1 N–H and O–H groups in total. The van der Waals surface area contributed by atoms with Gasteiger partial charge in [-0.2, -0.15) is 0 Å². The number of carbonyl (C=O) groups is 3. The van der Waals surface area contributed by atoms with Gasteiger partial charge < -0.3 is 24.4 Å². The summed E-state index contributed by atoms with van der Waals surface area (Å²) in [7, 11) is 5.55. The third-order valence-electron chi connectivity index (χ3n) is 4.28. The number of nitrogens with one attached hydrogen (secondary N) is 1. The van der Waals surface area contributed by atoms with Crippen molar-refractivity contribution in [2.24, 2.45) is 0 Å². The third-order valence-corrected chi connectivity index (χ3v) is 4.28. The Morgan fingerprint density at radius 1 is 0.935 bits per heavy atom. The van der Waals surface area contributed by atoms with Crippen LogP contribution in [0.15, 0.2) is 61.2 Å². The molecule has 8 nitrogen and oxygen atoms in total. The van der Waals surface area contributed by atoms with Crippen molar-refractivity contribution in [3.8, 4) is 0 Å². The average Bonchev–Trinajstić information content (AvgIpc) is 2.80. The van der Waals surface area contributed by atoms with Gasteiger partial charge in [-0.3, -0.25) is 0 Å².